The first-order valence-corrected chi connectivity index (χ1v) is 7.14. The number of carbonyl (C=O) groups excluding carboxylic acids is 1. The second-order valence-electron chi connectivity index (χ2n) is 5.16. The summed E-state index contributed by atoms with van der Waals surface area (Å²) in [5.74, 6) is 0.0121. The lowest BCUT2D eigenvalue weighted by Crippen LogP contribution is -2.27. The molecule has 0 aliphatic carbocycles. The molecule has 0 aromatic heterocycles. The molecule has 0 atom stereocenters. The Balaban J connectivity index is 2.18. The summed E-state index contributed by atoms with van der Waals surface area (Å²) in [6, 6.07) is 13.4. The Morgan fingerprint density at radius 2 is 1.95 bits per heavy atom. The van der Waals surface area contributed by atoms with Crippen LogP contribution in [0.3, 0.4) is 0 Å². The van der Waals surface area contributed by atoms with Gasteiger partial charge in [-0.05, 0) is 30.7 Å². The van der Waals surface area contributed by atoms with Crippen molar-refractivity contribution in [2.45, 2.75) is 13.3 Å². The number of carbonyl (C=O) groups is 1. The van der Waals surface area contributed by atoms with E-state index in [1.54, 1.807) is 11.9 Å². The molecule has 0 saturated carbocycles. The minimum atomic E-state index is 0.0121. The quantitative estimate of drug-likeness (QED) is 0.779. The van der Waals surface area contributed by atoms with E-state index >= 15 is 0 Å². The number of amides is 1. The van der Waals surface area contributed by atoms with Gasteiger partial charge >= 0.3 is 0 Å². The summed E-state index contributed by atoms with van der Waals surface area (Å²) in [5.41, 5.74) is 4.25. The molecule has 0 saturated heterocycles. The van der Waals surface area contributed by atoms with Crippen molar-refractivity contribution in [3.8, 4) is 0 Å². The molecule has 4 heteroatoms. The molecule has 0 fully saturated rings. The summed E-state index contributed by atoms with van der Waals surface area (Å²) in [6.07, 6.45) is 0.244. The minimum Gasteiger partial charge on any atom is -0.313 e. The molecule has 1 heterocycles. The third-order valence-corrected chi connectivity index (χ3v) is 3.95. The molecule has 2 aromatic rings. The average molecular weight is 299 g/mol. The molecule has 3 rings (SSSR count). The maximum absolute atomic E-state index is 12.4. The fourth-order valence-corrected chi connectivity index (χ4v) is 2.67. The molecular formula is C17H15ClN2O. The zero-order valence-electron chi connectivity index (χ0n) is 11.9. The Kier molecular flexibility index (Phi) is 3.52. The van der Waals surface area contributed by atoms with E-state index in [9.17, 15) is 4.79 Å². The summed E-state index contributed by atoms with van der Waals surface area (Å²) in [6.45, 7) is 2.00. The molecule has 3 nitrogen and oxygen atoms in total. The molecule has 21 heavy (non-hydrogen) atoms. The monoisotopic (exact) mass is 298 g/mol. The number of hydrogen-bond donors (Lipinski definition) is 0. The molecule has 2 aromatic carbocycles. The molecular weight excluding hydrogens is 284 g/mol. The number of nitrogens with zero attached hydrogens (tertiary/aromatic N) is 2. The van der Waals surface area contributed by atoms with Gasteiger partial charge in [-0.25, -0.2) is 0 Å². The number of hydrogen-bond acceptors (Lipinski definition) is 2. The fourth-order valence-electron chi connectivity index (χ4n) is 2.43. The van der Waals surface area contributed by atoms with E-state index < -0.39 is 0 Å². The molecule has 1 amide bonds. The van der Waals surface area contributed by atoms with Crippen molar-refractivity contribution >= 4 is 34.6 Å². The lowest BCUT2D eigenvalue weighted by Gasteiger charge is -2.17. The van der Waals surface area contributed by atoms with Crippen molar-refractivity contribution in [2.24, 2.45) is 4.99 Å². The Morgan fingerprint density at radius 3 is 2.71 bits per heavy atom. The summed E-state index contributed by atoms with van der Waals surface area (Å²) < 4.78 is 0. The summed E-state index contributed by atoms with van der Waals surface area (Å²) >= 11 is 6.24. The van der Waals surface area contributed by atoms with Gasteiger partial charge in [0.2, 0.25) is 5.91 Å². The maximum atomic E-state index is 12.4. The van der Waals surface area contributed by atoms with E-state index in [0.717, 1.165) is 22.5 Å². The fraction of sp³-hybridized carbons (Fsp3) is 0.176. The highest BCUT2D eigenvalue weighted by molar-refractivity contribution is 6.35. The standard InChI is InChI=1S/C17H15ClN2O/c1-11-7-8-14-16(9-11)20(2)17(21)10-15(19-14)12-5-3-4-6-13(12)18/h3-9H,10H2,1-2H3. The number of benzene rings is 2. The lowest BCUT2D eigenvalue weighted by atomic mass is 10.1. The Bertz CT molecular complexity index is 752. The van der Waals surface area contributed by atoms with Crippen LogP contribution >= 0.6 is 11.6 Å². The van der Waals surface area contributed by atoms with Crippen LogP contribution < -0.4 is 4.90 Å². The van der Waals surface area contributed by atoms with Crippen LogP contribution in [0.1, 0.15) is 17.5 Å². The van der Waals surface area contributed by atoms with E-state index in [1.807, 2.05) is 49.4 Å². The molecule has 0 unspecified atom stereocenters. The molecule has 0 radical (unpaired) electrons. The molecule has 0 spiro atoms. The molecule has 0 N–H and O–H groups in total. The van der Waals surface area contributed by atoms with Crippen LogP contribution in [0.25, 0.3) is 0 Å². The first-order valence-electron chi connectivity index (χ1n) is 6.76. The Labute approximate surface area is 128 Å². The summed E-state index contributed by atoms with van der Waals surface area (Å²) in [4.78, 5) is 18.7. The normalized spacial score (nSPS) is 14.5. The SMILES string of the molecule is Cc1ccc2c(c1)N(C)C(=O)CC(c1ccccc1Cl)=N2. The number of rotatable bonds is 1. The van der Waals surface area contributed by atoms with Crippen molar-refractivity contribution in [2.75, 3.05) is 11.9 Å². The van der Waals surface area contributed by atoms with E-state index in [4.69, 9.17) is 11.6 Å². The van der Waals surface area contributed by atoms with Gasteiger partial charge in [0.05, 0.1) is 23.5 Å². The largest absolute Gasteiger partial charge is 0.313 e. The van der Waals surface area contributed by atoms with Crippen molar-refractivity contribution < 1.29 is 4.79 Å². The highest BCUT2D eigenvalue weighted by Gasteiger charge is 2.23. The second-order valence-corrected chi connectivity index (χ2v) is 5.57. The van der Waals surface area contributed by atoms with Crippen LogP contribution in [0.2, 0.25) is 5.02 Å². The molecule has 1 aliphatic heterocycles. The van der Waals surface area contributed by atoms with E-state index in [1.165, 1.54) is 0 Å². The van der Waals surface area contributed by atoms with Gasteiger partial charge < -0.3 is 4.90 Å². The molecule has 106 valence electrons. The Hall–Kier alpha value is -2.13. The van der Waals surface area contributed by atoms with Gasteiger partial charge in [0.15, 0.2) is 0 Å². The van der Waals surface area contributed by atoms with E-state index in [0.29, 0.717) is 10.7 Å². The van der Waals surface area contributed by atoms with Gasteiger partial charge in [-0.1, -0.05) is 35.9 Å². The van der Waals surface area contributed by atoms with Crippen molar-refractivity contribution in [3.63, 3.8) is 0 Å². The van der Waals surface area contributed by atoms with Crippen LogP contribution in [0.5, 0.6) is 0 Å². The van der Waals surface area contributed by atoms with Crippen molar-refractivity contribution in [1.29, 1.82) is 0 Å². The van der Waals surface area contributed by atoms with Gasteiger partial charge in [-0.15, -0.1) is 0 Å². The number of fused-ring (bicyclic) bond motifs is 1. The zero-order chi connectivity index (χ0) is 15.0. The van der Waals surface area contributed by atoms with Gasteiger partial charge in [0, 0.05) is 17.6 Å². The highest BCUT2D eigenvalue weighted by Crippen LogP contribution is 2.33. The average Bonchev–Trinajstić information content (AvgIpc) is 2.58. The lowest BCUT2D eigenvalue weighted by molar-refractivity contribution is -0.117. The van der Waals surface area contributed by atoms with Gasteiger partial charge in [0.1, 0.15) is 0 Å². The number of halogens is 1. The van der Waals surface area contributed by atoms with Crippen LogP contribution in [-0.4, -0.2) is 18.7 Å². The third kappa shape index (κ3) is 2.57. The van der Waals surface area contributed by atoms with Gasteiger partial charge in [0.25, 0.3) is 0 Å². The topological polar surface area (TPSA) is 32.7 Å². The minimum absolute atomic E-state index is 0.0121. The smallest absolute Gasteiger partial charge is 0.232 e. The van der Waals surface area contributed by atoms with Gasteiger partial charge in [-0.3, -0.25) is 9.79 Å². The number of aryl methyl sites for hydroxylation is 1. The highest BCUT2D eigenvalue weighted by atomic mass is 35.5. The first-order chi connectivity index (χ1) is 10.1. The van der Waals surface area contributed by atoms with Crippen LogP contribution in [-0.2, 0) is 4.79 Å². The first kappa shape index (κ1) is 13.8. The van der Waals surface area contributed by atoms with E-state index in [2.05, 4.69) is 4.99 Å². The Morgan fingerprint density at radius 1 is 1.19 bits per heavy atom. The van der Waals surface area contributed by atoms with Crippen molar-refractivity contribution in [3.05, 3.63) is 58.6 Å². The van der Waals surface area contributed by atoms with Crippen LogP contribution in [0, 0.1) is 6.92 Å². The van der Waals surface area contributed by atoms with Crippen molar-refractivity contribution in [1.82, 2.24) is 0 Å². The third-order valence-electron chi connectivity index (χ3n) is 3.63. The predicted octanol–water partition coefficient (Wildman–Crippen LogP) is 4.14. The van der Waals surface area contributed by atoms with Crippen LogP contribution in [0.4, 0.5) is 11.4 Å². The molecule has 0 bridgehead atoms. The zero-order valence-corrected chi connectivity index (χ0v) is 12.7. The van der Waals surface area contributed by atoms with E-state index in [-0.39, 0.29) is 12.3 Å². The molecule has 1 aliphatic rings. The number of aliphatic imine (C=N–C) groups is 1. The maximum Gasteiger partial charge on any atom is 0.232 e. The summed E-state index contributed by atoms with van der Waals surface area (Å²) in [7, 11) is 1.78. The second kappa shape index (κ2) is 5.34. The summed E-state index contributed by atoms with van der Waals surface area (Å²) in [5, 5.41) is 0.613. The number of anilines is 1. The predicted molar refractivity (Wildman–Crippen MR) is 86.9 cm³/mol. The van der Waals surface area contributed by atoms with Gasteiger partial charge in [-0.2, -0.15) is 0 Å². The van der Waals surface area contributed by atoms with Crippen LogP contribution in [0.15, 0.2) is 47.5 Å².